The van der Waals surface area contributed by atoms with E-state index < -0.39 is 0 Å². The first-order valence-corrected chi connectivity index (χ1v) is 7.00. The third-order valence-electron chi connectivity index (χ3n) is 3.07. The van der Waals surface area contributed by atoms with Crippen molar-refractivity contribution < 1.29 is 4.74 Å². The maximum Gasteiger partial charge on any atom is 0.258 e. The molecule has 1 aromatic carbocycles. The molecule has 0 bridgehead atoms. The van der Waals surface area contributed by atoms with Gasteiger partial charge in [-0.05, 0) is 24.4 Å². The lowest BCUT2D eigenvalue weighted by molar-refractivity contribution is 0.173. The molecule has 0 aliphatic carbocycles. The molecular weight excluding hydrogens is 288 g/mol. The van der Waals surface area contributed by atoms with Crippen molar-refractivity contribution >= 4 is 28.2 Å². The molecule has 0 saturated heterocycles. The molecule has 0 spiro atoms. The largest absolute Gasteiger partial charge is 0.383 e. The number of ether oxygens (including phenoxy) is 1. The average molecular weight is 306 g/mol. The van der Waals surface area contributed by atoms with E-state index in [0.717, 1.165) is 0 Å². The second kappa shape index (κ2) is 7.14. The van der Waals surface area contributed by atoms with Crippen LogP contribution in [0.3, 0.4) is 0 Å². The summed E-state index contributed by atoms with van der Waals surface area (Å²) in [5.41, 5.74) is 0.538. The highest BCUT2D eigenvalue weighted by atomic mass is 32.1. The van der Waals surface area contributed by atoms with Gasteiger partial charge in [-0.1, -0.05) is 12.1 Å². The summed E-state index contributed by atoms with van der Waals surface area (Å²) in [7, 11) is 3.40. The number of H-pyrrole nitrogens is 1. The number of hydrogen-bond donors (Lipinski definition) is 2. The van der Waals surface area contributed by atoms with Gasteiger partial charge in [0.05, 0.1) is 24.1 Å². The highest BCUT2D eigenvalue weighted by molar-refractivity contribution is 7.80. The van der Waals surface area contributed by atoms with Crippen molar-refractivity contribution in [2.24, 2.45) is 0 Å². The van der Waals surface area contributed by atoms with E-state index in [1.807, 2.05) is 23.1 Å². The van der Waals surface area contributed by atoms with Crippen LogP contribution in [0.25, 0.3) is 10.9 Å². The van der Waals surface area contributed by atoms with Gasteiger partial charge >= 0.3 is 0 Å². The quantitative estimate of drug-likeness (QED) is 0.799. The molecule has 0 amide bonds. The molecule has 2 N–H and O–H groups in total. The molecule has 7 heteroatoms. The first-order chi connectivity index (χ1) is 10.2. The van der Waals surface area contributed by atoms with Crippen molar-refractivity contribution in [1.82, 2.24) is 20.2 Å². The number of nitrogens with one attached hydrogen (secondary N) is 2. The standard InChI is InChI=1S/C14H18N4O2S/c1-15-14(21)18(7-8-20-2)9-12-16-11-6-4-3-5-10(11)13(19)17-12/h3-6H,7-9H2,1-2H3,(H,15,21)(H,16,17,19). The van der Waals surface area contributed by atoms with Gasteiger partial charge in [-0.3, -0.25) is 4.79 Å². The molecule has 0 aliphatic heterocycles. The number of aromatic amines is 1. The minimum absolute atomic E-state index is 0.141. The predicted octanol–water partition coefficient (Wildman–Crippen LogP) is 0.876. The van der Waals surface area contributed by atoms with E-state index in [1.165, 1.54) is 0 Å². The minimum Gasteiger partial charge on any atom is -0.383 e. The van der Waals surface area contributed by atoms with Crippen LogP contribution in [0.2, 0.25) is 0 Å². The van der Waals surface area contributed by atoms with Gasteiger partial charge in [-0.25, -0.2) is 4.98 Å². The lowest BCUT2D eigenvalue weighted by Crippen LogP contribution is -2.40. The molecule has 2 aromatic rings. The lowest BCUT2D eigenvalue weighted by Gasteiger charge is -2.23. The van der Waals surface area contributed by atoms with E-state index in [1.54, 1.807) is 20.2 Å². The Hall–Kier alpha value is -1.99. The molecule has 1 heterocycles. The third-order valence-corrected chi connectivity index (χ3v) is 3.53. The molecule has 0 unspecified atom stereocenters. The van der Waals surface area contributed by atoms with Crippen LogP contribution in [0, 0.1) is 0 Å². The summed E-state index contributed by atoms with van der Waals surface area (Å²) >= 11 is 5.26. The van der Waals surface area contributed by atoms with Gasteiger partial charge in [-0.15, -0.1) is 0 Å². The minimum atomic E-state index is -0.141. The summed E-state index contributed by atoms with van der Waals surface area (Å²) in [4.78, 5) is 21.2. The fourth-order valence-electron chi connectivity index (χ4n) is 2.00. The van der Waals surface area contributed by atoms with E-state index in [4.69, 9.17) is 17.0 Å². The van der Waals surface area contributed by atoms with E-state index >= 15 is 0 Å². The number of para-hydroxylation sites is 1. The topological polar surface area (TPSA) is 70.2 Å². The van der Waals surface area contributed by atoms with Gasteiger partial charge in [0.25, 0.3) is 5.56 Å². The third kappa shape index (κ3) is 3.77. The van der Waals surface area contributed by atoms with Crippen molar-refractivity contribution in [2.45, 2.75) is 6.54 Å². The molecule has 0 aliphatic rings. The SMILES string of the molecule is CNC(=S)N(CCOC)Cc1nc2ccccc2c(=O)[nH]1. The number of aromatic nitrogens is 2. The molecule has 0 radical (unpaired) electrons. The van der Waals surface area contributed by atoms with E-state index in [-0.39, 0.29) is 5.56 Å². The Balaban J connectivity index is 2.27. The number of methoxy groups -OCH3 is 1. The molecule has 21 heavy (non-hydrogen) atoms. The fourth-order valence-corrected chi connectivity index (χ4v) is 2.16. The molecule has 2 rings (SSSR count). The first-order valence-electron chi connectivity index (χ1n) is 6.59. The zero-order valence-electron chi connectivity index (χ0n) is 12.0. The number of hydrogen-bond acceptors (Lipinski definition) is 4. The van der Waals surface area contributed by atoms with Crippen LogP contribution < -0.4 is 10.9 Å². The van der Waals surface area contributed by atoms with E-state index in [2.05, 4.69) is 15.3 Å². The van der Waals surface area contributed by atoms with Gasteiger partial charge in [-0.2, -0.15) is 0 Å². The lowest BCUT2D eigenvalue weighted by atomic mass is 10.2. The summed E-state index contributed by atoms with van der Waals surface area (Å²) in [5.74, 6) is 0.576. The van der Waals surface area contributed by atoms with Crippen LogP contribution in [-0.4, -0.2) is 47.3 Å². The Morgan fingerprint density at radius 2 is 2.24 bits per heavy atom. The molecular formula is C14H18N4O2S. The highest BCUT2D eigenvalue weighted by Gasteiger charge is 2.11. The average Bonchev–Trinajstić information content (AvgIpc) is 2.50. The molecule has 6 nitrogen and oxygen atoms in total. The van der Waals surface area contributed by atoms with E-state index in [9.17, 15) is 4.79 Å². The van der Waals surface area contributed by atoms with Gasteiger partial charge in [0.1, 0.15) is 5.82 Å². The normalized spacial score (nSPS) is 10.6. The Morgan fingerprint density at radius 3 is 2.95 bits per heavy atom. The maximum absolute atomic E-state index is 12.0. The van der Waals surface area contributed by atoms with Gasteiger partial charge < -0.3 is 19.9 Å². The van der Waals surface area contributed by atoms with Gasteiger partial charge in [0.15, 0.2) is 5.11 Å². The van der Waals surface area contributed by atoms with Crippen molar-refractivity contribution in [3.63, 3.8) is 0 Å². The zero-order chi connectivity index (χ0) is 15.2. The van der Waals surface area contributed by atoms with Crippen LogP contribution in [0.5, 0.6) is 0 Å². The Labute approximate surface area is 128 Å². The van der Waals surface area contributed by atoms with Gasteiger partial charge in [0.2, 0.25) is 0 Å². The van der Waals surface area contributed by atoms with Crippen LogP contribution in [0.15, 0.2) is 29.1 Å². The molecule has 112 valence electrons. The summed E-state index contributed by atoms with van der Waals surface area (Å²) in [6.45, 7) is 1.58. The predicted molar refractivity (Wildman–Crippen MR) is 86.3 cm³/mol. The van der Waals surface area contributed by atoms with Crippen LogP contribution in [0.4, 0.5) is 0 Å². The van der Waals surface area contributed by atoms with Crippen LogP contribution in [-0.2, 0) is 11.3 Å². The van der Waals surface area contributed by atoms with Crippen LogP contribution >= 0.6 is 12.2 Å². The number of benzene rings is 1. The first kappa shape index (κ1) is 15.4. The van der Waals surface area contributed by atoms with Crippen molar-refractivity contribution in [3.05, 3.63) is 40.4 Å². The Kier molecular flexibility index (Phi) is 5.24. The number of fused-ring (bicyclic) bond motifs is 1. The highest BCUT2D eigenvalue weighted by Crippen LogP contribution is 2.07. The second-order valence-electron chi connectivity index (χ2n) is 4.50. The molecule has 0 fully saturated rings. The summed E-state index contributed by atoms with van der Waals surface area (Å²) in [6.07, 6.45) is 0. The number of thiocarbonyl (C=S) groups is 1. The summed E-state index contributed by atoms with van der Waals surface area (Å²) in [6, 6.07) is 7.26. The monoisotopic (exact) mass is 306 g/mol. The van der Waals surface area contributed by atoms with Gasteiger partial charge in [0, 0.05) is 20.7 Å². The molecule has 0 saturated carbocycles. The summed E-state index contributed by atoms with van der Waals surface area (Å²) in [5, 5.41) is 4.10. The molecule has 0 atom stereocenters. The maximum atomic E-state index is 12.0. The second-order valence-corrected chi connectivity index (χ2v) is 4.89. The number of rotatable bonds is 5. The van der Waals surface area contributed by atoms with Crippen LogP contribution in [0.1, 0.15) is 5.82 Å². The Morgan fingerprint density at radius 1 is 1.48 bits per heavy atom. The van der Waals surface area contributed by atoms with E-state index in [0.29, 0.717) is 41.5 Å². The molecule has 1 aromatic heterocycles. The van der Waals surface area contributed by atoms with Crippen molar-refractivity contribution in [3.8, 4) is 0 Å². The Bertz CT molecular complexity index is 686. The van der Waals surface area contributed by atoms with Crippen molar-refractivity contribution in [2.75, 3.05) is 27.3 Å². The number of nitrogens with zero attached hydrogens (tertiary/aromatic N) is 2. The van der Waals surface area contributed by atoms with Crippen molar-refractivity contribution in [1.29, 1.82) is 0 Å². The zero-order valence-corrected chi connectivity index (χ0v) is 12.9. The summed E-state index contributed by atoms with van der Waals surface area (Å²) < 4.78 is 5.08. The fraction of sp³-hybridized carbons (Fsp3) is 0.357. The smallest absolute Gasteiger partial charge is 0.258 e.